The fourth-order valence-corrected chi connectivity index (χ4v) is 3.66. The standard InChI is InChI=1S/C23H24ClN3O/c1-16(19-10-9-18-6-2-3-7-20(18)12-19)27-23(28)21(13-25)15-26-14-17-5-4-8-22(24)11-17/h4-5,8-12,15-16,26H,2-3,6-7,14H2,1H3,(H,27,28)/b21-15-. The average molecular weight is 394 g/mol. The summed E-state index contributed by atoms with van der Waals surface area (Å²) < 4.78 is 0. The highest BCUT2D eigenvalue weighted by Crippen LogP contribution is 2.24. The summed E-state index contributed by atoms with van der Waals surface area (Å²) in [5, 5.41) is 15.9. The molecule has 0 radical (unpaired) electrons. The highest BCUT2D eigenvalue weighted by atomic mass is 35.5. The van der Waals surface area contributed by atoms with Crippen molar-refractivity contribution in [2.45, 2.75) is 45.2 Å². The molecule has 2 aromatic rings. The van der Waals surface area contributed by atoms with Gasteiger partial charge in [-0.25, -0.2) is 0 Å². The monoisotopic (exact) mass is 393 g/mol. The van der Waals surface area contributed by atoms with Crippen molar-refractivity contribution in [3.05, 3.63) is 81.5 Å². The summed E-state index contributed by atoms with van der Waals surface area (Å²) in [6, 6.07) is 15.7. The number of aryl methyl sites for hydroxylation is 2. The van der Waals surface area contributed by atoms with Gasteiger partial charge in [0, 0.05) is 17.8 Å². The van der Waals surface area contributed by atoms with E-state index in [0.29, 0.717) is 11.6 Å². The first kappa shape index (κ1) is 20.0. The van der Waals surface area contributed by atoms with Crippen LogP contribution < -0.4 is 10.6 Å². The molecule has 0 aromatic heterocycles. The Kier molecular flexibility index (Phi) is 6.73. The summed E-state index contributed by atoms with van der Waals surface area (Å²) in [6.07, 6.45) is 6.15. The first-order valence-electron chi connectivity index (χ1n) is 9.57. The van der Waals surface area contributed by atoms with Gasteiger partial charge in [0.1, 0.15) is 11.6 Å². The van der Waals surface area contributed by atoms with Gasteiger partial charge in [-0.3, -0.25) is 4.79 Å². The number of nitrogens with zero attached hydrogens (tertiary/aromatic N) is 1. The first-order chi connectivity index (χ1) is 13.6. The lowest BCUT2D eigenvalue weighted by atomic mass is 9.89. The molecule has 0 heterocycles. The second-order valence-corrected chi connectivity index (χ2v) is 7.55. The van der Waals surface area contributed by atoms with Gasteiger partial charge in [0.2, 0.25) is 0 Å². The van der Waals surface area contributed by atoms with Crippen molar-refractivity contribution >= 4 is 17.5 Å². The maximum Gasteiger partial charge on any atom is 0.263 e. The highest BCUT2D eigenvalue weighted by Gasteiger charge is 2.16. The molecule has 1 atom stereocenters. The van der Waals surface area contributed by atoms with Crippen LogP contribution in [0.25, 0.3) is 0 Å². The molecule has 5 heteroatoms. The molecule has 28 heavy (non-hydrogen) atoms. The van der Waals surface area contributed by atoms with Gasteiger partial charge in [-0.2, -0.15) is 5.26 Å². The van der Waals surface area contributed by atoms with Gasteiger partial charge in [0.25, 0.3) is 5.91 Å². The highest BCUT2D eigenvalue weighted by molar-refractivity contribution is 6.30. The minimum atomic E-state index is -0.383. The SMILES string of the molecule is CC(NC(=O)/C(C#N)=C\NCc1cccc(Cl)c1)c1ccc2c(c1)CCCC2. The second kappa shape index (κ2) is 9.43. The molecule has 1 amide bonds. The lowest BCUT2D eigenvalue weighted by Gasteiger charge is -2.20. The topological polar surface area (TPSA) is 64.9 Å². The summed E-state index contributed by atoms with van der Waals surface area (Å²) in [5.74, 6) is -0.383. The molecular formula is C23H24ClN3O. The molecule has 0 bridgehead atoms. The van der Waals surface area contributed by atoms with Gasteiger partial charge in [-0.15, -0.1) is 0 Å². The number of hydrogen-bond acceptors (Lipinski definition) is 3. The quantitative estimate of drug-likeness (QED) is 0.557. The Hall–Kier alpha value is -2.77. The largest absolute Gasteiger partial charge is 0.386 e. The lowest BCUT2D eigenvalue weighted by molar-refractivity contribution is -0.117. The number of rotatable bonds is 6. The maximum atomic E-state index is 12.5. The first-order valence-corrected chi connectivity index (χ1v) is 9.95. The van der Waals surface area contributed by atoms with Crippen LogP contribution >= 0.6 is 11.6 Å². The molecule has 0 saturated heterocycles. The van der Waals surface area contributed by atoms with E-state index in [-0.39, 0.29) is 17.5 Å². The van der Waals surface area contributed by atoms with Gasteiger partial charge < -0.3 is 10.6 Å². The van der Waals surface area contributed by atoms with Crippen LogP contribution in [0.5, 0.6) is 0 Å². The number of nitrogens with one attached hydrogen (secondary N) is 2. The summed E-state index contributed by atoms with van der Waals surface area (Å²) in [5.41, 5.74) is 4.88. The van der Waals surface area contributed by atoms with Gasteiger partial charge >= 0.3 is 0 Å². The molecule has 1 aliphatic carbocycles. The normalized spacial score (nSPS) is 14.5. The molecule has 2 N–H and O–H groups in total. The van der Waals surface area contributed by atoms with E-state index < -0.39 is 0 Å². The number of nitriles is 1. The fourth-order valence-electron chi connectivity index (χ4n) is 3.45. The van der Waals surface area contributed by atoms with Gasteiger partial charge in [-0.1, -0.05) is 41.9 Å². The molecule has 0 spiro atoms. The molecule has 0 fully saturated rings. The zero-order valence-electron chi connectivity index (χ0n) is 16.0. The van der Waals surface area contributed by atoms with Crippen molar-refractivity contribution in [1.29, 1.82) is 5.26 Å². The number of fused-ring (bicyclic) bond motifs is 1. The molecule has 144 valence electrons. The van der Waals surface area contributed by atoms with Crippen molar-refractivity contribution in [2.24, 2.45) is 0 Å². The van der Waals surface area contributed by atoms with Crippen LogP contribution in [-0.2, 0) is 24.2 Å². The average Bonchev–Trinajstić information content (AvgIpc) is 2.70. The van der Waals surface area contributed by atoms with E-state index in [4.69, 9.17) is 11.6 Å². The van der Waals surface area contributed by atoms with E-state index >= 15 is 0 Å². The Balaban J connectivity index is 1.60. The van der Waals surface area contributed by atoms with Crippen molar-refractivity contribution in [3.63, 3.8) is 0 Å². The van der Waals surface area contributed by atoms with Crippen molar-refractivity contribution in [3.8, 4) is 6.07 Å². The Morgan fingerprint density at radius 2 is 2.00 bits per heavy atom. The van der Waals surface area contributed by atoms with Crippen molar-refractivity contribution in [2.75, 3.05) is 0 Å². The number of carbonyl (C=O) groups is 1. The van der Waals surface area contributed by atoms with Gasteiger partial charge in [0.15, 0.2) is 0 Å². The Bertz CT molecular complexity index is 930. The van der Waals surface area contributed by atoms with Crippen LogP contribution in [0, 0.1) is 11.3 Å². The van der Waals surface area contributed by atoms with Crippen LogP contribution in [0.4, 0.5) is 0 Å². The van der Waals surface area contributed by atoms with E-state index in [0.717, 1.165) is 24.0 Å². The van der Waals surface area contributed by atoms with Crippen molar-refractivity contribution < 1.29 is 4.79 Å². The Morgan fingerprint density at radius 1 is 1.21 bits per heavy atom. The third-order valence-corrected chi connectivity index (χ3v) is 5.26. The fraction of sp³-hybridized carbons (Fsp3) is 0.304. The van der Waals surface area contributed by atoms with Crippen LogP contribution in [-0.4, -0.2) is 5.91 Å². The molecular weight excluding hydrogens is 370 g/mol. The molecule has 1 aliphatic rings. The molecule has 0 aliphatic heterocycles. The summed E-state index contributed by atoms with van der Waals surface area (Å²) in [4.78, 5) is 12.5. The number of hydrogen-bond donors (Lipinski definition) is 2. The lowest BCUT2D eigenvalue weighted by Crippen LogP contribution is -2.28. The molecule has 1 unspecified atom stereocenters. The minimum Gasteiger partial charge on any atom is -0.386 e. The van der Waals surface area contributed by atoms with Crippen LogP contribution in [0.2, 0.25) is 5.02 Å². The third-order valence-electron chi connectivity index (χ3n) is 5.03. The smallest absolute Gasteiger partial charge is 0.263 e. The Labute approximate surface area is 171 Å². The van der Waals surface area contributed by atoms with Gasteiger partial charge in [-0.05, 0) is 67.0 Å². The van der Waals surface area contributed by atoms with E-state index in [1.807, 2.05) is 31.2 Å². The summed E-state index contributed by atoms with van der Waals surface area (Å²) in [6.45, 7) is 2.43. The Morgan fingerprint density at radius 3 is 2.75 bits per heavy atom. The van der Waals surface area contributed by atoms with E-state index in [1.165, 1.54) is 30.2 Å². The minimum absolute atomic E-state index is 0.0480. The van der Waals surface area contributed by atoms with Crippen LogP contribution in [0.1, 0.15) is 48.1 Å². The predicted octanol–water partition coefficient (Wildman–Crippen LogP) is 4.59. The second-order valence-electron chi connectivity index (χ2n) is 7.11. The number of carbonyl (C=O) groups excluding carboxylic acids is 1. The third kappa shape index (κ3) is 5.15. The number of halogens is 1. The summed E-state index contributed by atoms with van der Waals surface area (Å²) >= 11 is 5.96. The van der Waals surface area contributed by atoms with E-state index in [2.05, 4.69) is 28.8 Å². The summed E-state index contributed by atoms with van der Waals surface area (Å²) in [7, 11) is 0. The van der Waals surface area contributed by atoms with E-state index in [1.54, 1.807) is 6.07 Å². The number of amides is 1. The maximum absolute atomic E-state index is 12.5. The number of benzene rings is 2. The van der Waals surface area contributed by atoms with Crippen molar-refractivity contribution in [1.82, 2.24) is 10.6 Å². The zero-order chi connectivity index (χ0) is 19.9. The molecule has 3 rings (SSSR count). The molecule has 0 saturated carbocycles. The van der Waals surface area contributed by atoms with Crippen LogP contribution in [0.15, 0.2) is 54.2 Å². The molecule has 2 aromatic carbocycles. The van der Waals surface area contributed by atoms with Crippen LogP contribution in [0.3, 0.4) is 0 Å². The van der Waals surface area contributed by atoms with E-state index in [9.17, 15) is 10.1 Å². The predicted molar refractivity (Wildman–Crippen MR) is 112 cm³/mol. The van der Waals surface area contributed by atoms with Gasteiger partial charge in [0.05, 0.1) is 6.04 Å². The molecule has 4 nitrogen and oxygen atoms in total. The zero-order valence-corrected chi connectivity index (χ0v) is 16.7.